The zero-order valence-corrected chi connectivity index (χ0v) is 12.7. The number of nitrogens with zero attached hydrogens (tertiary/aromatic N) is 1. The predicted octanol–water partition coefficient (Wildman–Crippen LogP) is 0.912. The van der Waals surface area contributed by atoms with E-state index >= 15 is 0 Å². The number of guanidine groups is 1. The van der Waals surface area contributed by atoms with E-state index < -0.39 is 9.84 Å². The smallest absolute Gasteiger partial charge is 0.191 e. The number of nitrogens with one attached hydrogen (secondary N) is 2. The molecule has 0 aromatic carbocycles. The van der Waals surface area contributed by atoms with Crippen molar-refractivity contribution in [3.63, 3.8) is 0 Å². The number of hydrogen-bond donors (Lipinski definition) is 2. The van der Waals surface area contributed by atoms with Gasteiger partial charge in [0.1, 0.15) is 12.3 Å². The molecule has 1 saturated heterocycles. The summed E-state index contributed by atoms with van der Waals surface area (Å²) in [5, 5.41) is 6.61. The fraction of sp³-hybridized carbons (Fsp3) is 0.643. The lowest BCUT2D eigenvalue weighted by Crippen LogP contribution is -2.41. The van der Waals surface area contributed by atoms with Gasteiger partial charge in [-0.2, -0.15) is 0 Å². The van der Waals surface area contributed by atoms with Gasteiger partial charge >= 0.3 is 0 Å². The monoisotopic (exact) mass is 311 g/mol. The third-order valence-corrected chi connectivity index (χ3v) is 5.61. The van der Waals surface area contributed by atoms with Gasteiger partial charge in [-0.05, 0) is 37.3 Å². The first kappa shape index (κ1) is 14.4. The second-order valence-electron chi connectivity index (χ2n) is 5.81. The Labute approximate surface area is 124 Å². The van der Waals surface area contributed by atoms with E-state index in [1.165, 1.54) is 12.8 Å². The second kappa shape index (κ2) is 6.09. The van der Waals surface area contributed by atoms with Gasteiger partial charge in [-0.1, -0.05) is 0 Å². The Balaban J connectivity index is 1.53. The molecule has 2 N–H and O–H groups in total. The van der Waals surface area contributed by atoms with Crippen LogP contribution < -0.4 is 10.6 Å². The van der Waals surface area contributed by atoms with Crippen LogP contribution in [-0.4, -0.2) is 38.5 Å². The van der Waals surface area contributed by atoms with Crippen molar-refractivity contribution in [2.45, 2.75) is 31.8 Å². The third-order valence-electron chi connectivity index (χ3n) is 3.78. The highest BCUT2D eigenvalue weighted by molar-refractivity contribution is 7.91. The molecule has 0 amide bonds. The Kier molecular flexibility index (Phi) is 4.19. The fourth-order valence-electron chi connectivity index (χ4n) is 2.41. The molecule has 0 spiro atoms. The molecule has 6 nitrogen and oxygen atoms in total. The molecule has 1 atom stereocenters. The van der Waals surface area contributed by atoms with Gasteiger partial charge in [0.15, 0.2) is 15.8 Å². The van der Waals surface area contributed by atoms with E-state index in [9.17, 15) is 8.42 Å². The highest BCUT2D eigenvalue weighted by atomic mass is 32.2. The molecule has 1 aliphatic heterocycles. The molecule has 2 aliphatic rings. The Morgan fingerprint density at radius 3 is 2.86 bits per heavy atom. The minimum absolute atomic E-state index is 0.185. The summed E-state index contributed by atoms with van der Waals surface area (Å²) >= 11 is 0. The normalized spacial score (nSPS) is 25.0. The molecule has 1 aromatic rings. The molecule has 1 aliphatic carbocycles. The first-order valence-corrected chi connectivity index (χ1v) is 9.20. The SMILES string of the molecule is O=S1(=O)CCC(CNC(=NCc2ccco2)NC2CC2)C1. The van der Waals surface area contributed by atoms with Gasteiger partial charge in [-0.25, -0.2) is 13.4 Å². The summed E-state index contributed by atoms with van der Waals surface area (Å²) in [6, 6.07) is 4.23. The summed E-state index contributed by atoms with van der Waals surface area (Å²) in [5.74, 6) is 2.35. The van der Waals surface area contributed by atoms with Crippen LogP contribution in [0.3, 0.4) is 0 Å². The van der Waals surface area contributed by atoms with Gasteiger partial charge in [0, 0.05) is 12.6 Å². The number of aliphatic imine (C=N–C) groups is 1. The average Bonchev–Trinajstić information content (AvgIpc) is 2.97. The Hall–Kier alpha value is -1.50. The topological polar surface area (TPSA) is 83.7 Å². The zero-order chi connectivity index (χ0) is 14.7. The lowest BCUT2D eigenvalue weighted by molar-refractivity contribution is 0.511. The van der Waals surface area contributed by atoms with Gasteiger partial charge in [-0.3, -0.25) is 0 Å². The minimum atomic E-state index is -2.82. The maximum atomic E-state index is 11.5. The van der Waals surface area contributed by atoms with Gasteiger partial charge in [-0.15, -0.1) is 0 Å². The molecule has 0 bridgehead atoms. The van der Waals surface area contributed by atoms with E-state index in [0.29, 0.717) is 24.9 Å². The van der Waals surface area contributed by atoms with E-state index in [0.717, 1.165) is 18.1 Å². The third kappa shape index (κ3) is 4.49. The van der Waals surface area contributed by atoms with E-state index in [2.05, 4.69) is 15.6 Å². The summed E-state index contributed by atoms with van der Waals surface area (Å²) in [7, 11) is -2.82. The number of sulfone groups is 1. The van der Waals surface area contributed by atoms with Gasteiger partial charge in [0.25, 0.3) is 0 Å². The molecule has 0 radical (unpaired) electrons. The van der Waals surface area contributed by atoms with Crippen molar-refractivity contribution < 1.29 is 12.8 Å². The Bertz CT molecular complexity index is 591. The molecule has 1 saturated carbocycles. The van der Waals surface area contributed by atoms with E-state index in [-0.39, 0.29) is 11.7 Å². The highest BCUT2D eigenvalue weighted by Crippen LogP contribution is 2.19. The van der Waals surface area contributed by atoms with E-state index in [1.54, 1.807) is 6.26 Å². The van der Waals surface area contributed by atoms with Crippen molar-refractivity contribution in [2.75, 3.05) is 18.1 Å². The van der Waals surface area contributed by atoms with Gasteiger partial charge < -0.3 is 15.1 Å². The summed E-state index contributed by atoms with van der Waals surface area (Å²) in [5.41, 5.74) is 0. The quantitative estimate of drug-likeness (QED) is 0.624. The summed E-state index contributed by atoms with van der Waals surface area (Å²) in [6.07, 6.45) is 4.71. The standard InChI is InChI=1S/C14H21N3O3S/c18-21(19)7-5-11(10-21)8-15-14(17-12-3-4-12)16-9-13-2-1-6-20-13/h1-2,6,11-12H,3-5,7-10H2,(H2,15,16,17). The van der Waals surface area contributed by atoms with Crippen molar-refractivity contribution in [1.82, 2.24) is 10.6 Å². The van der Waals surface area contributed by atoms with Crippen LogP contribution in [0.15, 0.2) is 27.8 Å². The van der Waals surface area contributed by atoms with Crippen molar-refractivity contribution >= 4 is 15.8 Å². The lowest BCUT2D eigenvalue weighted by atomic mass is 10.1. The van der Waals surface area contributed by atoms with Gasteiger partial charge in [0.05, 0.1) is 17.8 Å². The van der Waals surface area contributed by atoms with Gasteiger partial charge in [0.2, 0.25) is 0 Å². The maximum absolute atomic E-state index is 11.5. The second-order valence-corrected chi connectivity index (χ2v) is 8.04. The zero-order valence-electron chi connectivity index (χ0n) is 11.9. The summed E-state index contributed by atoms with van der Waals surface area (Å²) in [4.78, 5) is 4.49. The number of hydrogen-bond acceptors (Lipinski definition) is 4. The highest BCUT2D eigenvalue weighted by Gasteiger charge is 2.28. The van der Waals surface area contributed by atoms with Crippen LogP contribution in [0.1, 0.15) is 25.0 Å². The molecule has 2 fully saturated rings. The fourth-order valence-corrected chi connectivity index (χ4v) is 4.27. The first-order chi connectivity index (χ1) is 10.1. The largest absolute Gasteiger partial charge is 0.467 e. The first-order valence-electron chi connectivity index (χ1n) is 7.38. The molecule has 7 heteroatoms. The van der Waals surface area contributed by atoms with E-state index in [1.807, 2.05) is 12.1 Å². The van der Waals surface area contributed by atoms with Crippen molar-refractivity contribution in [3.05, 3.63) is 24.2 Å². The molecule has 1 unspecified atom stereocenters. The van der Waals surface area contributed by atoms with Crippen LogP contribution in [0.25, 0.3) is 0 Å². The molecule has 1 aromatic heterocycles. The van der Waals surface area contributed by atoms with Crippen molar-refractivity contribution in [1.29, 1.82) is 0 Å². The maximum Gasteiger partial charge on any atom is 0.191 e. The number of rotatable bonds is 5. The molecular weight excluding hydrogens is 290 g/mol. The molecule has 2 heterocycles. The van der Waals surface area contributed by atoms with E-state index in [4.69, 9.17) is 4.42 Å². The predicted molar refractivity (Wildman–Crippen MR) is 80.8 cm³/mol. The molecule has 21 heavy (non-hydrogen) atoms. The van der Waals surface area contributed by atoms with Crippen LogP contribution in [0.2, 0.25) is 0 Å². The van der Waals surface area contributed by atoms with Crippen molar-refractivity contribution in [3.8, 4) is 0 Å². The molecule has 3 rings (SSSR count). The molecular formula is C14H21N3O3S. The van der Waals surface area contributed by atoms with Crippen LogP contribution in [-0.2, 0) is 16.4 Å². The summed E-state index contributed by atoms with van der Waals surface area (Å²) in [6.45, 7) is 1.13. The average molecular weight is 311 g/mol. The molecule has 116 valence electrons. The Morgan fingerprint density at radius 1 is 1.38 bits per heavy atom. The van der Waals surface area contributed by atoms with Crippen LogP contribution in [0, 0.1) is 5.92 Å². The number of furan rings is 1. The summed E-state index contributed by atoms with van der Waals surface area (Å²) < 4.78 is 28.2. The Morgan fingerprint density at radius 2 is 2.24 bits per heavy atom. The van der Waals surface area contributed by atoms with Crippen molar-refractivity contribution in [2.24, 2.45) is 10.9 Å². The van der Waals surface area contributed by atoms with Crippen LogP contribution >= 0.6 is 0 Å². The minimum Gasteiger partial charge on any atom is -0.467 e. The lowest BCUT2D eigenvalue weighted by Gasteiger charge is -2.14. The van der Waals surface area contributed by atoms with Crippen LogP contribution in [0.5, 0.6) is 0 Å². The van der Waals surface area contributed by atoms with Crippen LogP contribution in [0.4, 0.5) is 0 Å².